The van der Waals surface area contributed by atoms with Crippen LogP contribution in [0.4, 0.5) is 0 Å². The molecular weight excluding hydrogens is 218 g/mol. The van der Waals surface area contributed by atoms with Crippen molar-refractivity contribution in [3.63, 3.8) is 0 Å². The third kappa shape index (κ3) is 3.38. The highest BCUT2D eigenvalue weighted by molar-refractivity contribution is 7.80. The van der Waals surface area contributed by atoms with Crippen LogP contribution >= 0.6 is 12.6 Å². The summed E-state index contributed by atoms with van der Waals surface area (Å²) < 4.78 is 5.83. The van der Waals surface area contributed by atoms with Crippen LogP contribution in [0.5, 0.6) is 0 Å². The standard InChI is InChI=1S/C13H25NOS/c16-11-4-2-1-3-8-14-9-10-15-13-7-5-6-12(13)14/h12-13,16H,1-11H2. The van der Waals surface area contributed by atoms with E-state index in [-0.39, 0.29) is 0 Å². The molecular formula is C13H25NOS. The van der Waals surface area contributed by atoms with Gasteiger partial charge >= 0.3 is 0 Å². The Kier molecular flexibility index (Phi) is 5.46. The van der Waals surface area contributed by atoms with Gasteiger partial charge in [0.05, 0.1) is 12.7 Å². The van der Waals surface area contributed by atoms with Crippen molar-refractivity contribution in [3.8, 4) is 0 Å². The Labute approximate surface area is 105 Å². The van der Waals surface area contributed by atoms with Gasteiger partial charge in [-0.25, -0.2) is 0 Å². The second-order valence-electron chi connectivity index (χ2n) is 5.08. The molecule has 2 atom stereocenters. The molecule has 0 aromatic carbocycles. The Bertz CT molecular complexity index is 200. The topological polar surface area (TPSA) is 12.5 Å². The highest BCUT2D eigenvalue weighted by atomic mass is 32.1. The van der Waals surface area contributed by atoms with Crippen molar-refractivity contribution in [2.45, 2.75) is 57.1 Å². The Hall–Kier alpha value is 0.270. The zero-order valence-electron chi connectivity index (χ0n) is 10.2. The molecule has 1 saturated carbocycles. The van der Waals surface area contributed by atoms with E-state index in [0.717, 1.165) is 24.9 Å². The Morgan fingerprint density at radius 2 is 2.00 bits per heavy atom. The van der Waals surface area contributed by atoms with E-state index in [1.54, 1.807) is 0 Å². The van der Waals surface area contributed by atoms with E-state index in [1.807, 2.05) is 0 Å². The number of fused-ring (bicyclic) bond motifs is 1. The summed E-state index contributed by atoms with van der Waals surface area (Å²) in [6.07, 6.45) is 9.94. The molecule has 1 heterocycles. The molecule has 0 aromatic rings. The van der Waals surface area contributed by atoms with Crippen LogP contribution in [0.2, 0.25) is 0 Å². The Balaban J connectivity index is 1.64. The molecule has 16 heavy (non-hydrogen) atoms. The summed E-state index contributed by atoms with van der Waals surface area (Å²) in [5, 5.41) is 0. The molecule has 2 aliphatic rings. The van der Waals surface area contributed by atoms with Crippen LogP contribution in [-0.2, 0) is 4.74 Å². The quantitative estimate of drug-likeness (QED) is 0.569. The van der Waals surface area contributed by atoms with Crippen molar-refractivity contribution >= 4 is 12.6 Å². The van der Waals surface area contributed by atoms with Gasteiger partial charge in [0.1, 0.15) is 0 Å². The first-order chi connectivity index (χ1) is 7.92. The van der Waals surface area contributed by atoms with Crippen molar-refractivity contribution in [2.24, 2.45) is 0 Å². The maximum atomic E-state index is 5.83. The van der Waals surface area contributed by atoms with Gasteiger partial charge in [0.2, 0.25) is 0 Å². The average Bonchev–Trinajstić information content (AvgIpc) is 2.77. The van der Waals surface area contributed by atoms with Gasteiger partial charge < -0.3 is 4.74 Å². The lowest BCUT2D eigenvalue weighted by atomic mass is 10.1. The first-order valence-electron chi connectivity index (χ1n) is 6.88. The first-order valence-corrected chi connectivity index (χ1v) is 7.51. The number of rotatable bonds is 6. The van der Waals surface area contributed by atoms with E-state index >= 15 is 0 Å². The molecule has 3 heteroatoms. The number of morpholine rings is 1. The van der Waals surface area contributed by atoms with E-state index in [4.69, 9.17) is 4.74 Å². The van der Waals surface area contributed by atoms with Gasteiger partial charge in [-0.3, -0.25) is 4.90 Å². The maximum Gasteiger partial charge on any atom is 0.0730 e. The predicted molar refractivity (Wildman–Crippen MR) is 71.3 cm³/mol. The molecule has 2 unspecified atom stereocenters. The van der Waals surface area contributed by atoms with Crippen LogP contribution in [0.1, 0.15) is 44.9 Å². The number of hydrogen-bond acceptors (Lipinski definition) is 3. The lowest BCUT2D eigenvalue weighted by molar-refractivity contribution is -0.0558. The summed E-state index contributed by atoms with van der Waals surface area (Å²) in [4.78, 5) is 2.68. The molecule has 2 nitrogen and oxygen atoms in total. The number of thiol groups is 1. The monoisotopic (exact) mass is 243 g/mol. The van der Waals surface area contributed by atoms with E-state index in [1.165, 1.54) is 51.5 Å². The maximum absolute atomic E-state index is 5.83. The highest BCUT2D eigenvalue weighted by Crippen LogP contribution is 2.29. The molecule has 94 valence electrons. The third-order valence-electron chi connectivity index (χ3n) is 3.95. The third-order valence-corrected chi connectivity index (χ3v) is 4.27. The lowest BCUT2D eigenvalue weighted by Crippen LogP contribution is -2.48. The summed E-state index contributed by atoms with van der Waals surface area (Å²) in [6.45, 7) is 3.41. The fourth-order valence-corrected chi connectivity index (χ4v) is 3.29. The Morgan fingerprint density at radius 1 is 1.12 bits per heavy atom. The van der Waals surface area contributed by atoms with Crippen molar-refractivity contribution < 1.29 is 4.74 Å². The van der Waals surface area contributed by atoms with Crippen molar-refractivity contribution in [2.75, 3.05) is 25.4 Å². The van der Waals surface area contributed by atoms with Crippen LogP contribution in [-0.4, -0.2) is 42.5 Å². The molecule has 1 saturated heterocycles. The number of nitrogens with zero attached hydrogens (tertiary/aromatic N) is 1. The molecule has 0 aromatic heterocycles. The van der Waals surface area contributed by atoms with Crippen LogP contribution in [0, 0.1) is 0 Å². The smallest absolute Gasteiger partial charge is 0.0730 e. The van der Waals surface area contributed by atoms with Gasteiger partial charge in [-0.15, -0.1) is 0 Å². The summed E-state index contributed by atoms with van der Waals surface area (Å²) in [5.74, 6) is 1.04. The number of hydrogen-bond donors (Lipinski definition) is 1. The van der Waals surface area contributed by atoms with Crippen molar-refractivity contribution in [3.05, 3.63) is 0 Å². The predicted octanol–water partition coefficient (Wildman–Crippen LogP) is 2.73. The van der Waals surface area contributed by atoms with Gasteiger partial charge in [0.15, 0.2) is 0 Å². The zero-order valence-corrected chi connectivity index (χ0v) is 11.1. The SMILES string of the molecule is SCCCCCCN1CCOC2CCCC21. The van der Waals surface area contributed by atoms with E-state index in [0.29, 0.717) is 6.10 Å². The molecule has 2 rings (SSSR count). The summed E-state index contributed by atoms with van der Waals surface area (Å²) in [7, 11) is 0. The normalized spacial score (nSPS) is 30.6. The van der Waals surface area contributed by atoms with Gasteiger partial charge in [-0.05, 0) is 44.4 Å². The van der Waals surface area contributed by atoms with Gasteiger partial charge in [-0.1, -0.05) is 12.8 Å². The van der Waals surface area contributed by atoms with E-state index < -0.39 is 0 Å². The molecule has 0 amide bonds. The summed E-state index contributed by atoms with van der Waals surface area (Å²) >= 11 is 4.25. The minimum atomic E-state index is 0.561. The minimum absolute atomic E-state index is 0.561. The second kappa shape index (κ2) is 6.87. The van der Waals surface area contributed by atoms with Gasteiger partial charge in [0.25, 0.3) is 0 Å². The van der Waals surface area contributed by atoms with Crippen LogP contribution in [0.15, 0.2) is 0 Å². The molecule has 0 radical (unpaired) electrons. The highest BCUT2D eigenvalue weighted by Gasteiger charge is 2.35. The van der Waals surface area contributed by atoms with Gasteiger partial charge in [0, 0.05) is 12.6 Å². The summed E-state index contributed by atoms with van der Waals surface area (Å²) in [5.41, 5.74) is 0. The lowest BCUT2D eigenvalue weighted by Gasteiger charge is -2.37. The van der Waals surface area contributed by atoms with Gasteiger partial charge in [-0.2, -0.15) is 12.6 Å². The van der Waals surface area contributed by atoms with E-state index in [9.17, 15) is 0 Å². The average molecular weight is 243 g/mol. The molecule has 0 spiro atoms. The molecule has 1 aliphatic heterocycles. The van der Waals surface area contributed by atoms with Crippen molar-refractivity contribution in [1.29, 1.82) is 0 Å². The summed E-state index contributed by atoms with van der Waals surface area (Å²) in [6, 6.07) is 0.749. The fourth-order valence-electron chi connectivity index (χ4n) is 3.06. The molecule has 0 N–H and O–H groups in total. The zero-order chi connectivity index (χ0) is 11.2. The van der Waals surface area contributed by atoms with Crippen LogP contribution in [0.25, 0.3) is 0 Å². The van der Waals surface area contributed by atoms with E-state index in [2.05, 4.69) is 17.5 Å². The van der Waals surface area contributed by atoms with Crippen LogP contribution < -0.4 is 0 Å². The molecule has 1 aliphatic carbocycles. The molecule has 0 bridgehead atoms. The second-order valence-corrected chi connectivity index (χ2v) is 5.53. The largest absolute Gasteiger partial charge is 0.375 e. The molecule has 2 fully saturated rings. The number of unbranched alkanes of at least 4 members (excludes halogenated alkanes) is 3. The number of ether oxygens (including phenoxy) is 1. The first kappa shape index (κ1) is 12.7. The van der Waals surface area contributed by atoms with Crippen LogP contribution in [0.3, 0.4) is 0 Å². The van der Waals surface area contributed by atoms with Crippen molar-refractivity contribution in [1.82, 2.24) is 4.90 Å². The minimum Gasteiger partial charge on any atom is -0.375 e. The Morgan fingerprint density at radius 3 is 2.88 bits per heavy atom. The fraction of sp³-hybridized carbons (Fsp3) is 1.00.